The number of methoxy groups -OCH3 is 1. The van der Waals surface area contributed by atoms with Crippen LogP contribution in [0.25, 0.3) is 0 Å². The van der Waals surface area contributed by atoms with Crippen molar-refractivity contribution in [1.29, 1.82) is 0 Å². The third-order valence-electron chi connectivity index (χ3n) is 4.30. The van der Waals surface area contributed by atoms with E-state index in [1.54, 1.807) is 25.1 Å². The van der Waals surface area contributed by atoms with E-state index in [1.807, 2.05) is 42.5 Å². The molecule has 0 aromatic heterocycles. The Balaban J connectivity index is 2.01. The lowest BCUT2D eigenvalue weighted by atomic mass is 10.0. The first-order chi connectivity index (χ1) is 13.5. The van der Waals surface area contributed by atoms with Crippen molar-refractivity contribution in [1.82, 2.24) is 10.6 Å². The van der Waals surface area contributed by atoms with Crippen molar-refractivity contribution >= 4 is 46.2 Å². The molecule has 1 unspecified atom stereocenters. The summed E-state index contributed by atoms with van der Waals surface area (Å²) in [6, 6.07) is 15.1. The summed E-state index contributed by atoms with van der Waals surface area (Å²) in [6.45, 7) is 1.03. The van der Waals surface area contributed by atoms with Crippen molar-refractivity contribution in [3.8, 4) is 0 Å². The zero-order valence-corrected chi connectivity index (χ0v) is 17.2. The van der Waals surface area contributed by atoms with E-state index < -0.39 is 6.17 Å². The summed E-state index contributed by atoms with van der Waals surface area (Å²) in [7, 11) is 3.33. The SMILES string of the molecule is COCCNC(=S)NC1N=C(c2ccccc2)c2cc(Cl)ccc2N(C)C1=O. The van der Waals surface area contributed by atoms with Gasteiger partial charge in [0, 0.05) is 36.9 Å². The van der Waals surface area contributed by atoms with Gasteiger partial charge >= 0.3 is 0 Å². The maximum absolute atomic E-state index is 13.0. The van der Waals surface area contributed by atoms with Gasteiger partial charge in [0.1, 0.15) is 0 Å². The summed E-state index contributed by atoms with van der Waals surface area (Å²) in [4.78, 5) is 19.3. The maximum atomic E-state index is 13.0. The van der Waals surface area contributed by atoms with Gasteiger partial charge in [-0.25, -0.2) is 4.99 Å². The van der Waals surface area contributed by atoms with Crippen LogP contribution in [0.4, 0.5) is 5.69 Å². The largest absolute Gasteiger partial charge is 0.383 e. The molecule has 0 radical (unpaired) electrons. The molecule has 0 fully saturated rings. The second kappa shape index (κ2) is 9.14. The van der Waals surface area contributed by atoms with Crippen LogP contribution in [0.2, 0.25) is 5.02 Å². The van der Waals surface area contributed by atoms with E-state index in [2.05, 4.69) is 10.6 Å². The summed E-state index contributed by atoms with van der Waals surface area (Å²) < 4.78 is 5.00. The third-order valence-corrected chi connectivity index (χ3v) is 4.80. The summed E-state index contributed by atoms with van der Waals surface area (Å²) in [6.07, 6.45) is -0.867. The van der Waals surface area contributed by atoms with Crippen LogP contribution in [0.15, 0.2) is 53.5 Å². The number of benzodiazepines with no additional fused rings is 1. The Hall–Kier alpha value is -2.48. The molecular formula is C20H21ClN4O2S. The Labute approximate surface area is 174 Å². The Bertz CT molecular complexity index is 904. The molecule has 28 heavy (non-hydrogen) atoms. The number of rotatable bonds is 5. The number of carbonyl (C=O) groups excluding carboxylic acids is 1. The summed E-state index contributed by atoms with van der Waals surface area (Å²) in [5.41, 5.74) is 3.09. The van der Waals surface area contributed by atoms with Gasteiger partial charge in [0.15, 0.2) is 5.11 Å². The van der Waals surface area contributed by atoms with E-state index in [0.717, 1.165) is 16.8 Å². The Morgan fingerprint density at radius 2 is 2.04 bits per heavy atom. The van der Waals surface area contributed by atoms with Crippen LogP contribution in [0.5, 0.6) is 0 Å². The number of halogens is 1. The second-order valence-corrected chi connectivity index (χ2v) is 7.04. The van der Waals surface area contributed by atoms with Crippen molar-refractivity contribution in [2.75, 3.05) is 32.2 Å². The summed E-state index contributed by atoms with van der Waals surface area (Å²) in [5.74, 6) is -0.217. The fraction of sp³-hybridized carbons (Fsp3) is 0.250. The van der Waals surface area contributed by atoms with Gasteiger partial charge in [0.25, 0.3) is 5.91 Å². The molecule has 1 aliphatic heterocycles. The number of carbonyl (C=O) groups is 1. The molecule has 0 spiro atoms. The molecule has 2 N–H and O–H groups in total. The fourth-order valence-corrected chi connectivity index (χ4v) is 3.29. The van der Waals surface area contributed by atoms with E-state index >= 15 is 0 Å². The molecule has 3 rings (SSSR count). The van der Waals surface area contributed by atoms with Gasteiger partial charge in [-0.2, -0.15) is 0 Å². The van der Waals surface area contributed by atoms with Crippen LogP contribution in [-0.4, -0.2) is 50.2 Å². The Morgan fingerprint density at radius 1 is 1.29 bits per heavy atom. The zero-order chi connectivity index (χ0) is 20.1. The van der Waals surface area contributed by atoms with Crippen LogP contribution < -0.4 is 15.5 Å². The molecule has 0 bridgehead atoms. The normalized spacial score (nSPS) is 16.1. The first kappa shape index (κ1) is 20.3. The van der Waals surface area contributed by atoms with E-state index in [0.29, 0.717) is 29.0 Å². The molecule has 1 aliphatic rings. The summed E-state index contributed by atoms with van der Waals surface area (Å²) in [5, 5.41) is 6.92. The number of hydrogen-bond acceptors (Lipinski definition) is 4. The van der Waals surface area contributed by atoms with Gasteiger partial charge in [-0.05, 0) is 30.4 Å². The average Bonchev–Trinajstić information content (AvgIpc) is 2.79. The van der Waals surface area contributed by atoms with Gasteiger partial charge < -0.3 is 20.3 Å². The molecule has 0 aliphatic carbocycles. The number of anilines is 1. The molecule has 6 nitrogen and oxygen atoms in total. The first-order valence-electron chi connectivity index (χ1n) is 8.75. The molecule has 0 saturated carbocycles. The molecule has 1 heterocycles. The number of ether oxygens (including phenoxy) is 1. The highest BCUT2D eigenvalue weighted by molar-refractivity contribution is 7.80. The molecule has 1 atom stereocenters. The highest BCUT2D eigenvalue weighted by atomic mass is 35.5. The van der Waals surface area contributed by atoms with Crippen LogP contribution in [0.1, 0.15) is 11.1 Å². The maximum Gasteiger partial charge on any atom is 0.272 e. The predicted octanol–water partition coefficient (Wildman–Crippen LogP) is 2.59. The molecule has 2 aromatic carbocycles. The van der Waals surface area contributed by atoms with Crippen molar-refractivity contribution < 1.29 is 9.53 Å². The number of thiocarbonyl (C=S) groups is 1. The molecule has 146 valence electrons. The fourth-order valence-electron chi connectivity index (χ4n) is 2.91. The van der Waals surface area contributed by atoms with Crippen LogP contribution >= 0.6 is 23.8 Å². The second-order valence-electron chi connectivity index (χ2n) is 6.20. The predicted molar refractivity (Wildman–Crippen MR) is 116 cm³/mol. The number of aliphatic imine (C=N–C) groups is 1. The molecular weight excluding hydrogens is 396 g/mol. The standard InChI is InChI=1S/C20H21ClN4O2S/c1-25-16-9-8-14(21)12-15(16)17(13-6-4-3-5-7-13)23-18(19(25)26)24-20(28)22-10-11-27-2/h3-9,12,18H,10-11H2,1-2H3,(H2,22,24,28). The van der Waals surface area contributed by atoms with E-state index in [-0.39, 0.29) is 5.91 Å². The number of nitrogens with one attached hydrogen (secondary N) is 2. The minimum absolute atomic E-state index is 0.217. The topological polar surface area (TPSA) is 66.0 Å². The average molecular weight is 417 g/mol. The number of amides is 1. The van der Waals surface area contributed by atoms with Gasteiger partial charge in [-0.15, -0.1) is 0 Å². The van der Waals surface area contributed by atoms with Crippen molar-refractivity contribution in [3.05, 3.63) is 64.7 Å². The smallest absolute Gasteiger partial charge is 0.272 e. The molecule has 2 aromatic rings. The lowest BCUT2D eigenvalue weighted by Gasteiger charge is -2.22. The minimum Gasteiger partial charge on any atom is -0.383 e. The monoisotopic (exact) mass is 416 g/mol. The van der Waals surface area contributed by atoms with Crippen LogP contribution in [0, 0.1) is 0 Å². The highest BCUT2D eigenvalue weighted by Gasteiger charge is 2.30. The lowest BCUT2D eigenvalue weighted by molar-refractivity contribution is -0.119. The molecule has 1 amide bonds. The van der Waals surface area contributed by atoms with E-state index in [9.17, 15) is 4.79 Å². The van der Waals surface area contributed by atoms with Gasteiger partial charge in [-0.1, -0.05) is 41.9 Å². The zero-order valence-electron chi connectivity index (χ0n) is 15.6. The number of nitrogens with zero attached hydrogens (tertiary/aromatic N) is 2. The lowest BCUT2D eigenvalue weighted by Crippen LogP contribution is -2.49. The molecule has 8 heteroatoms. The van der Waals surface area contributed by atoms with Crippen molar-refractivity contribution in [2.24, 2.45) is 4.99 Å². The highest BCUT2D eigenvalue weighted by Crippen LogP contribution is 2.29. The van der Waals surface area contributed by atoms with Crippen LogP contribution in [0.3, 0.4) is 0 Å². The van der Waals surface area contributed by atoms with Gasteiger partial charge in [0.05, 0.1) is 18.0 Å². The Kier molecular flexibility index (Phi) is 6.61. The summed E-state index contributed by atoms with van der Waals surface area (Å²) >= 11 is 11.5. The van der Waals surface area contributed by atoms with Crippen molar-refractivity contribution in [2.45, 2.75) is 6.17 Å². The number of hydrogen-bond donors (Lipinski definition) is 2. The van der Waals surface area contributed by atoms with Crippen molar-refractivity contribution in [3.63, 3.8) is 0 Å². The minimum atomic E-state index is -0.867. The Morgan fingerprint density at radius 3 is 2.75 bits per heavy atom. The number of benzene rings is 2. The van der Waals surface area contributed by atoms with E-state index in [1.165, 1.54) is 0 Å². The quantitative estimate of drug-likeness (QED) is 0.579. The number of fused-ring (bicyclic) bond motifs is 1. The van der Waals surface area contributed by atoms with Crippen LogP contribution in [-0.2, 0) is 9.53 Å². The third kappa shape index (κ3) is 4.49. The van der Waals surface area contributed by atoms with E-state index in [4.69, 9.17) is 33.5 Å². The number of likely N-dealkylation sites (N-methyl/N-ethyl adjacent to an activating group) is 1. The van der Waals surface area contributed by atoms with Gasteiger partial charge in [-0.3, -0.25) is 4.79 Å². The first-order valence-corrected chi connectivity index (χ1v) is 9.54. The van der Waals surface area contributed by atoms with Gasteiger partial charge in [0.2, 0.25) is 6.17 Å². The molecule has 0 saturated heterocycles.